The van der Waals surface area contributed by atoms with E-state index in [0.717, 1.165) is 5.56 Å². The fourth-order valence-corrected chi connectivity index (χ4v) is 2.86. The van der Waals surface area contributed by atoms with E-state index in [0.29, 0.717) is 17.7 Å². The maximum atomic E-state index is 12.4. The number of hydrogen-bond acceptors (Lipinski definition) is 4. The summed E-state index contributed by atoms with van der Waals surface area (Å²) in [6.07, 6.45) is 0. The number of carbonyl (C=O) groups excluding carboxylic acids is 1. The zero-order valence-electron chi connectivity index (χ0n) is 13.5. The van der Waals surface area contributed by atoms with Gasteiger partial charge in [0, 0.05) is 12.7 Å². The van der Waals surface area contributed by atoms with E-state index in [2.05, 4.69) is 5.32 Å². The first kappa shape index (κ1) is 18.1. The van der Waals surface area contributed by atoms with E-state index < -0.39 is 10.0 Å². The first-order valence-electron chi connectivity index (χ1n) is 7.33. The Morgan fingerprint density at radius 3 is 2.58 bits per heavy atom. The minimum absolute atomic E-state index is 0.0168. The highest BCUT2D eigenvalue weighted by Gasteiger charge is 2.14. The largest absolute Gasteiger partial charge is 0.380 e. The summed E-state index contributed by atoms with van der Waals surface area (Å²) in [5.41, 5.74) is 2.07. The Kier molecular flexibility index (Phi) is 5.71. The molecule has 0 fully saturated rings. The summed E-state index contributed by atoms with van der Waals surface area (Å²) in [4.78, 5) is 12.4. The Morgan fingerprint density at radius 1 is 1.21 bits per heavy atom. The second-order valence-electron chi connectivity index (χ2n) is 5.45. The molecule has 0 spiro atoms. The summed E-state index contributed by atoms with van der Waals surface area (Å²) in [5, 5.41) is 7.98. The molecule has 0 aliphatic heterocycles. The molecule has 0 heterocycles. The molecule has 3 N–H and O–H groups in total. The van der Waals surface area contributed by atoms with Crippen LogP contribution in [0.15, 0.2) is 53.4 Å². The van der Waals surface area contributed by atoms with E-state index in [1.165, 1.54) is 12.1 Å². The van der Waals surface area contributed by atoms with E-state index in [9.17, 15) is 13.2 Å². The molecule has 128 valence electrons. The number of nitrogens with one attached hydrogen (secondary N) is 1. The number of benzene rings is 2. The fourth-order valence-electron chi connectivity index (χ4n) is 2.29. The lowest BCUT2D eigenvalue weighted by atomic mass is 10.1. The van der Waals surface area contributed by atoms with Crippen LogP contribution in [-0.2, 0) is 21.4 Å². The van der Waals surface area contributed by atoms with Gasteiger partial charge in [-0.1, -0.05) is 24.3 Å². The van der Waals surface area contributed by atoms with Gasteiger partial charge in [-0.15, -0.1) is 0 Å². The molecule has 2 rings (SSSR count). The molecule has 0 aromatic heterocycles. The van der Waals surface area contributed by atoms with Gasteiger partial charge < -0.3 is 10.1 Å². The zero-order chi connectivity index (χ0) is 17.7. The van der Waals surface area contributed by atoms with Crippen molar-refractivity contribution in [3.05, 3.63) is 65.2 Å². The molecule has 1 atom stereocenters. The number of methoxy groups -OCH3 is 1. The lowest BCUT2D eigenvalue weighted by molar-refractivity contribution is 0.0939. The van der Waals surface area contributed by atoms with Crippen molar-refractivity contribution < 1.29 is 17.9 Å². The zero-order valence-corrected chi connectivity index (χ0v) is 14.3. The Hall–Kier alpha value is -2.22. The summed E-state index contributed by atoms with van der Waals surface area (Å²) in [6, 6.07) is 13.0. The number of nitrogens with two attached hydrogens (primary N) is 1. The first-order chi connectivity index (χ1) is 11.3. The molecular formula is C17H20N2O4S. The second kappa shape index (κ2) is 7.57. The summed E-state index contributed by atoms with van der Waals surface area (Å²) in [5.74, 6) is -0.249. The van der Waals surface area contributed by atoms with E-state index in [1.54, 1.807) is 44.4 Å². The molecule has 2 aromatic rings. The molecule has 2 aromatic carbocycles. The van der Waals surface area contributed by atoms with Crippen LogP contribution < -0.4 is 10.5 Å². The summed E-state index contributed by atoms with van der Waals surface area (Å²) < 4.78 is 27.9. The van der Waals surface area contributed by atoms with Crippen molar-refractivity contribution in [2.75, 3.05) is 7.11 Å². The van der Waals surface area contributed by atoms with Gasteiger partial charge in [0.05, 0.1) is 17.5 Å². The van der Waals surface area contributed by atoms with Gasteiger partial charge in [-0.05, 0) is 42.3 Å². The standard InChI is InChI=1S/C17H20N2O4S/c1-12(14-6-4-8-16(10-14)24(18,21)22)19-17(20)15-7-3-5-13(9-15)11-23-2/h3-10,12H,11H2,1-2H3,(H,19,20)(H2,18,21,22). The highest BCUT2D eigenvalue weighted by molar-refractivity contribution is 7.89. The van der Waals surface area contributed by atoms with Gasteiger partial charge in [-0.25, -0.2) is 13.6 Å². The molecule has 0 radical (unpaired) electrons. The van der Waals surface area contributed by atoms with Crippen LogP contribution in [0, 0.1) is 0 Å². The average Bonchev–Trinajstić information content (AvgIpc) is 2.54. The van der Waals surface area contributed by atoms with Crippen LogP contribution >= 0.6 is 0 Å². The van der Waals surface area contributed by atoms with Crippen molar-refractivity contribution >= 4 is 15.9 Å². The SMILES string of the molecule is COCc1cccc(C(=O)NC(C)c2cccc(S(N)(=O)=O)c2)c1. The van der Waals surface area contributed by atoms with Gasteiger partial charge in [0.1, 0.15) is 0 Å². The molecule has 0 aliphatic rings. The Labute approximate surface area is 141 Å². The minimum Gasteiger partial charge on any atom is -0.380 e. The van der Waals surface area contributed by atoms with Crippen LogP contribution in [-0.4, -0.2) is 21.4 Å². The van der Waals surface area contributed by atoms with Crippen molar-refractivity contribution in [1.29, 1.82) is 0 Å². The Morgan fingerprint density at radius 2 is 1.92 bits per heavy atom. The molecule has 0 saturated heterocycles. The normalized spacial score (nSPS) is 12.6. The molecule has 6 nitrogen and oxygen atoms in total. The molecule has 0 saturated carbocycles. The number of sulfonamides is 1. The average molecular weight is 348 g/mol. The van der Waals surface area contributed by atoms with E-state index in [-0.39, 0.29) is 16.8 Å². The number of rotatable bonds is 6. The third kappa shape index (κ3) is 4.64. The molecule has 24 heavy (non-hydrogen) atoms. The highest BCUT2D eigenvalue weighted by atomic mass is 32.2. The highest BCUT2D eigenvalue weighted by Crippen LogP contribution is 2.17. The van der Waals surface area contributed by atoms with Crippen LogP contribution in [0.5, 0.6) is 0 Å². The van der Waals surface area contributed by atoms with Gasteiger partial charge in [-0.2, -0.15) is 0 Å². The van der Waals surface area contributed by atoms with E-state index >= 15 is 0 Å². The number of hydrogen-bond donors (Lipinski definition) is 2. The molecule has 0 bridgehead atoms. The van der Waals surface area contributed by atoms with Crippen molar-refractivity contribution in [2.45, 2.75) is 24.5 Å². The number of ether oxygens (including phenoxy) is 1. The molecule has 1 amide bonds. The minimum atomic E-state index is -3.78. The molecular weight excluding hydrogens is 328 g/mol. The van der Waals surface area contributed by atoms with Crippen LogP contribution in [0.1, 0.15) is 34.5 Å². The monoisotopic (exact) mass is 348 g/mol. The number of amides is 1. The predicted molar refractivity (Wildman–Crippen MR) is 90.9 cm³/mol. The molecule has 7 heteroatoms. The van der Waals surface area contributed by atoms with Gasteiger partial charge in [0.15, 0.2) is 0 Å². The summed E-state index contributed by atoms with van der Waals surface area (Å²) in [6.45, 7) is 2.20. The van der Waals surface area contributed by atoms with Crippen LogP contribution in [0.4, 0.5) is 0 Å². The predicted octanol–water partition coefficient (Wildman–Crippen LogP) is 1.97. The number of carbonyl (C=O) groups is 1. The van der Waals surface area contributed by atoms with Gasteiger partial charge in [0.25, 0.3) is 5.91 Å². The third-order valence-electron chi connectivity index (χ3n) is 3.53. The van der Waals surface area contributed by atoms with Crippen molar-refractivity contribution in [3.8, 4) is 0 Å². The molecule has 0 aliphatic carbocycles. The quantitative estimate of drug-likeness (QED) is 0.834. The van der Waals surface area contributed by atoms with Crippen LogP contribution in [0.3, 0.4) is 0 Å². The third-order valence-corrected chi connectivity index (χ3v) is 4.45. The summed E-state index contributed by atoms with van der Waals surface area (Å²) in [7, 11) is -2.19. The first-order valence-corrected chi connectivity index (χ1v) is 8.87. The topological polar surface area (TPSA) is 98.5 Å². The van der Waals surface area contributed by atoms with Gasteiger partial charge >= 0.3 is 0 Å². The van der Waals surface area contributed by atoms with Crippen LogP contribution in [0.2, 0.25) is 0 Å². The number of primary sulfonamides is 1. The van der Waals surface area contributed by atoms with Crippen molar-refractivity contribution in [3.63, 3.8) is 0 Å². The van der Waals surface area contributed by atoms with Crippen LogP contribution in [0.25, 0.3) is 0 Å². The summed E-state index contributed by atoms with van der Waals surface area (Å²) >= 11 is 0. The lowest BCUT2D eigenvalue weighted by Crippen LogP contribution is -2.27. The Bertz CT molecular complexity index is 834. The smallest absolute Gasteiger partial charge is 0.251 e. The Balaban J connectivity index is 2.16. The van der Waals surface area contributed by atoms with E-state index in [1.807, 2.05) is 6.07 Å². The van der Waals surface area contributed by atoms with Gasteiger partial charge in [-0.3, -0.25) is 4.79 Å². The maximum Gasteiger partial charge on any atom is 0.251 e. The second-order valence-corrected chi connectivity index (χ2v) is 7.01. The van der Waals surface area contributed by atoms with Crippen molar-refractivity contribution in [1.82, 2.24) is 5.32 Å². The lowest BCUT2D eigenvalue weighted by Gasteiger charge is -2.15. The maximum absolute atomic E-state index is 12.4. The van der Waals surface area contributed by atoms with Crippen molar-refractivity contribution in [2.24, 2.45) is 5.14 Å². The van der Waals surface area contributed by atoms with E-state index in [4.69, 9.17) is 9.88 Å². The fraction of sp³-hybridized carbons (Fsp3) is 0.235. The van der Waals surface area contributed by atoms with Gasteiger partial charge in [0.2, 0.25) is 10.0 Å². The molecule has 1 unspecified atom stereocenters.